The van der Waals surface area contributed by atoms with Gasteiger partial charge in [-0.05, 0) is 29.8 Å². The SMILES string of the molecule is COc1cccc(COc2ccccc2/C(N)=N/O)c1. The van der Waals surface area contributed by atoms with Crippen molar-refractivity contribution in [2.45, 2.75) is 6.61 Å². The molecule has 3 N–H and O–H groups in total. The highest BCUT2D eigenvalue weighted by Gasteiger charge is 2.07. The Morgan fingerprint density at radius 1 is 1.20 bits per heavy atom. The number of ether oxygens (including phenoxy) is 2. The Labute approximate surface area is 117 Å². The van der Waals surface area contributed by atoms with Gasteiger partial charge >= 0.3 is 0 Å². The maximum atomic E-state index is 8.76. The van der Waals surface area contributed by atoms with Gasteiger partial charge in [0.2, 0.25) is 0 Å². The number of nitrogens with two attached hydrogens (primary N) is 1. The molecule has 0 spiro atoms. The van der Waals surface area contributed by atoms with Crippen LogP contribution in [0.25, 0.3) is 0 Å². The minimum Gasteiger partial charge on any atom is -0.497 e. The minimum absolute atomic E-state index is 0.0197. The number of oxime groups is 1. The van der Waals surface area contributed by atoms with Crippen molar-refractivity contribution >= 4 is 5.84 Å². The van der Waals surface area contributed by atoms with E-state index in [0.29, 0.717) is 17.9 Å². The van der Waals surface area contributed by atoms with Gasteiger partial charge in [0.25, 0.3) is 0 Å². The third-order valence-electron chi connectivity index (χ3n) is 2.80. The molecule has 0 aliphatic rings. The number of benzene rings is 2. The molecule has 2 rings (SSSR count). The van der Waals surface area contributed by atoms with E-state index < -0.39 is 0 Å². The highest BCUT2D eigenvalue weighted by atomic mass is 16.5. The fourth-order valence-electron chi connectivity index (χ4n) is 1.78. The van der Waals surface area contributed by atoms with Crippen molar-refractivity contribution in [3.63, 3.8) is 0 Å². The van der Waals surface area contributed by atoms with E-state index in [1.165, 1.54) is 0 Å². The van der Waals surface area contributed by atoms with E-state index in [9.17, 15) is 0 Å². The second kappa shape index (κ2) is 6.47. The highest BCUT2D eigenvalue weighted by molar-refractivity contribution is 5.99. The van der Waals surface area contributed by atoms with E-state index in [0.717, 1.165) is 11.3 Å². The predicted molar refractivity (Wildman–Crippen MR) is 76.3 cm³/mol. The van der Waals surface area contributed by atoms with Gasteiger partial charge in [-0.3, -0.25) is 0 Å². The number of methoxy groups -OCH3 is 1. The largest absolute Gasteiger partial charge is 0.497 e. The predicted octanol–water partition coefficient (Wildman–Crippen LogP) is 2.37. The summed E-state index contributed by atoms with van der Waals surface area (Å²) in [6.07, 6.45) is 0. The molecule has 104 valence electrons. The van der Waals surface area contributed by atoms with E-state index in [1.54, 1.807) is 25.3 Å². The zero-order chi connectivity index (χ0) is 14.4. The van der Waals surface area contributed by atoms with Gasteiger partial charge in [0.1, 0.15) is 18.1 Å². The summed E-state index contributed by atoms with van der Waals surface area (Å²) >= 11 is 0. The first-order chi connectivity index (χ1) is 9.74. The first kappa shape index (κ1) is 13.7. The summed E-state index contributed by atoms with van der Waals surface area (Å²) in [5.41, 5.74) is 7.13. The summed E-state index contributed by atoms with van der Waals surface area (Å²) in [6, 6.07) is 14.7. The second-order valence-electron chi connectivity index (χ2n) is 4.12. The third-order valence-corrected chi connectivity index (χ3v) is 2.80. The molecule has 0 bridgehead atoms. The van der Waals surface area contributed by atoms with Crippen LogP contribution < -0.4 is 15.2 Å². The maximum Gasteiger partial charge on any atom is 0.173 e. The zero-order valence-corrected chi connectivity index (χ0v) is 11.1. The molecule has 5 nitrogen and oxygen atoms in total. The Bertz CT molecular complexity index is 612. The molecule has 2 aromatic rings. The van der Waals surface area contributed by atoms with E-state index in [-0.39, 0.29) is 5.84 Å². The zero-order valence-electron chi connectivity index (χ0n) is 11.1. The van der Waals surface area contributed by atoms with Gasteiger partial charge < -0.3 is 20.4 Å². The molecular formula is C15H16N2O3. The van der Waals surface area contributed by atoms with Crippen LogP contribution in [0.1, 0.15) is 11.1 Å². The molecule has 0 heterocycles. The van der Waals surface area contributed by atoms with Gasteiger partial charge in [-0.2, -0.15) is 0 Å². The number of hydrogen-bond acceptors (Lipinski definition) is 4. The van der Waals surface area contributed by atoms with Crippen LogP contribution >= 0.6 is 0 Å². The average Bonchev–Trinajstić information content (AvgIpc) is 2.52. The van der Waals surface area contributed by atoms with Crippen LogP contribution in [0.5, 0.6) is 11.5 Å². The van der Waals surface area contributed by atoms with Gasteiger partial charge in [0.15, 0.2) is 5.84 Å². The molecule has 0 amide bonds. The van der Waals surface area contributed by atoms with Crippen LogP contribution in [0, 0.1) is 0 Å². The normalized spacial score (nSPS) is 11.2. The van der Waals surface area contributed by atoms with Crippen LogP contribution in [0.3, 0.4) is 0 Å². The smallest absolute Gasteiger partial charge is 0.173 e. The molecular weight excluding hydrogens is 256 g/mol. The van der Waals surface area contributed by atoms with Crippen molar-refractivity contribution in [1.82, 2.24) is 0 Å². The molecule has 5 heteroatoms. The average molecular weight is 272 g/mol. The quantitative estimate of drug-likeness (QED) is 0.379. The lowest BCUT2D eigenvalue weighted by Crippen LogP contribution is -2.14. The summed E-state index contributed by atoms with van der Waals surface area (Å²) in [5, 5.41) is 11.8. The molecule has 2 aromatic carbocycles. The Morgan fingerprint density at radius 2 is 2.00 bits per heavy atom. The summed E-state index contributed by atoms with van der Waals surface area (Å²) < 4.78 is 10.9. The lowest BCUT2D eigenvalue weighted by molar-refractivity contribution is 0.302. The van der Waals surface area contributed by atoms with Gasteiger partial charge in [-0.15, -0.1) is 0 Å². The molecule has 0 aliphatic carbocycles. The van der Waals surface area contributed by atoms with E-state index >= 15 is 0 Å². The van der Waals surface area contributed by atoms with Gasteiger partial charge in [0, 0.05) is 0 Å². The molecule has 0 saturated heterocycles. The van der Waals surface area contributed by atoms with Crippen molar-refractivity contribution in [3.8, 4) is 11.5 Å². The van der Waals surface area contributed by atoms with Crippen LogP contribution in [-0.4, -0.2) is 18.2 Å². The fourth-order valence-corrected chi connectivity index (χ4v) is 1.78. The molecule has 0 unspecified atom stereocenters. The van der Waals surface area contributed by atoms with Crippen molar-refractivity contribution in [1.29, 1.82) is 0 Å². The first-order valence-electron chi connectivity index (χ1n) is 6.07. The van der Waals surface area contributed by atoms with Crippen molar-refractivity contribution in [2.24, 2.45) is 10.9 Å². The van der Waals surface area contributed by atoms with Crippen molar-refractivity contribution in [2.75, 3.05) is 7.11 Å². The highest BCUT2D eigenvalue weighted by Crippen LogP contribution is 2.20. The van der Waals surface area contributed by atoms with E-state index in [1.807, 2.05) is 30.3 Å². The second-order valence-corrected chi connectivity index (χ2v) is 4.12. The summed E-state index contributed by atoms with van der Waals surface area (Å²) in [4.78, 5) is 0. The number of nitrogens with zero attached hydrogens (tertiary/aromatic N) is 1. The molecule has 0 aliphatic heterocycles. The third kappa shape index (κ3) is 3.20. The summed E-state index contributed by atoms with van der Waals surface area (Å²) in [5.74, 6) is 1.35. The number of amidine groups is 1. The number of para-hydroxylation sites is 1. The Kier molecular flexibility index (Phi) is 4.44. The molecule has 0 aromatic heterocycles. The molecule has 0 saturated carbocycles. The minimum atomic E-state index is 0.0197. The molecule has 0 fully saturated rings. The van der Waals surface area contributed by atoms with Crippen LogP contribution in [0.4, 0.5) is 0 Å². The number of hydrogen-bond donors (Lipinski definition) is 2. The number of rotatable bonds is 5. The molecule has 0 radical (unpaired) electrons. The topological polar surface area (TPSA) is 77.1 Å². The van der Waals surface area contributed by atoms with Gasteiger partial charge in [0.05, 0.1) is 12.7 Å². The lowest BCUT2D eigenvalue weighted by atomic mass is 10.2. The van der Waals surface area contributed by atoms with E-state index in [4.69, 9.17) is 20.4 Å². The maximum absolute atomic E-state index is 8.76. The van der Waals surface area contributed by atoms with E-state index in [2.05, 4.69) is 5.16 Å². The summed E-state index contributed by atoms with van der Waals surface area (Å²) in [7, 11) is 1.62. The first-order valence-corrected chi connectivity index (χ1v) is 6.07. The fraction of sp³-hybridized carbons (Fsp3) is 0.133. The van der Waals surface area contributed by atoms with Crippen molar-refractivity contribution in [3.05, 3.63) is 59.7 Å². The van der Waals surface area contributed by atoms with Crippen LogP contribution in [-0.2, 0) is 6.61 Å². The Balaban J connectivity index is 2.14. The molecule has 20 heavy (non-hydrogen) atoms. The Hall–Kier alpha value is -2.69. The van der Waals surface area contributed by atoms with Crippen LogP contribution in [0.2, 0.25) is 0 Å². The van der Waals surface area contributed by atoms with Crippen LogP contribution in [0.15, 0.2) is 53.7 Å². The van der Waals surface area contributed by atoms with Gasteiger partial charge in [-0.1, -0.05) is 29.4 Å². The van der Waals surface area contributed by atoms with Gasteiger partial charge in [-0.25, -0.2) is 0 Å². The molecule has 0 atom stereocenters. The monoisotopic (exact) mass is 272 g/mol. The van der Waals surface area contributed by atoms with Crippen molar-refractivity contribution < 1.29 is 14.7 Å². The lowest BCUT2D eigenvalue weighted by Gasteiger charge is -2.11. The standard InChI is InChI=1S/C15H16N2O3/c1-19-12-6-4-5-11(9-12)10-20-14-8-3-2-7-13(14)15(16)17-18/h2-9,18H,10H2,1H3,(H2,16,17). The Morgan fingerprint density at radius 3 is 2.75 bits per heavy atom. The summed E-state index contributed by atoms with van der Waals surface area (Å²) in [6.45, 7) is 0.368.